The number of nitrogens with one attached hydrogen (secondary N) is 1. The van der Waals surface area contributed by atoms with Gasteiger partial charge in [-0.15, -0.1) is 0 Å². The van der Waals surface area contributed by atoms with Crippen molar-refractivity contribution < 1.29 is 8.42 Å². The molecule has 0 fully saturated rings. The average molecular weight is 329 g/mol. The van der Waals surface area contributed by atoms with Gasteiger partial charge in [0, 0.05) is 13.6 Å². The molecule has 1 aromatic carbocycles. The fraction of sp³-hybridized carbons (Fsp3) is 0.462. The maximum atomic E-state index is 12.2. The third-order valence-electron chi connectivity index (χ3n) is 3.15. The monoisotopic (exact) mass is 329 g/mol. The number of rotatable bonds is 6. The summed E-state index contributed by atoms with van der Waals surface area (Å²) in [4.78, 5) is 13.7. The van der Waals surface area contributed by atoms with Crippen molar-refractivity contribution in [3.8, 4) is 0 Å². The second kappa shape index (κ2) is 6.27. The van der Waals surface area contributed by atoms with Gasteiger partial charge in [0.05, 0.1) is 15.1 Å². The Kier molecular flexibility index (Phi) is 4.82. The summed E-state index contributed by atoms with van der Waals surface area (Å²) in [7, 11) is 2.04. The van der Waals surface area contributed by atoms with Crippen LogP contribution in [0.5, 0.6) is 0 Å². The molecule has 0 aliphatic rings. The molecule has 8 heteroatoms. The van der Waals surface area contributed by atoms with Crippen LogP contribution in [0.3, 0.4) is 0 Å². The van der Waals surface area contributed by atoms with Gasteiger partial charge in [-0.05, 0) is 45.3 Å². The van der Waals surface area contributed by atoms with Crippen LogP contribution in [0.4, 0.5) is 0 Å². The molecule has 0 saturated carbocycles. The van der Waals surface area contributed by atoms with Crippen LogP contribution in [-0.2, 0) is 17.1 Å². The van der Waals surface area contributed by atoms with Crippen molar-refractivity contribution >= 4 is 31.6 Å². The SMILES string of the molecule is CN(C)CCCNS(=O)(=O)c1ccc2c(c1)sc(=O)n2C. The van der Waals surface area contributed by atoms with Crippen molar-refractivity contribution in [3.05, 3.63) is 27.9 Å². The summed E-state index contributed by atoms with van der Waals surface area (Å²) >= 11 is 1.05. The van der Waals surface area contributed by atoms with Crippen molar-refractivity contribution in [1.82, 2.24) is 14.2 Å². The topological polar surface area (TPSA) is 71.4 Å². The van der Waals surface area contributed by atoms with Crippen LogP contribution in [0.1, 0.15) is 6.42 Å². The van der Waals surface area contributed by atoms with Crippen LogP contribution < -0.4 is 9.60 Å². The van der Waals surface area contributed by atoms with Gasteiger partial charge in [0.25, 0.3) is 0 Å². The molecule has 0 bridgehead atoms. The first-order valence-electron chi connectivity index (χ1n) is 6.55. The van der Waals surface area contributed by atoms with Crippen LogP contribution in [0.15, 0.2) is 27.9 Å². The van der Waals surface area contributed by atoms with E-state index in [4.69, 9.17) is 0 Å². The van der Waals surface area contributed by atoms with Crippen molar-refractivity contribution in [2.75, 3.05) is 27.2 Å². The summed E-state index contributed by atoms with van der Waals surface area (Å²) in [5.41, 5.74) is 0.747. The van der Waals surface area contributed by atoms with Gasteiger partial charge < -0.3 is 9.47 Å². The van der Waals surface area contributed by atoms with E-state index in [1.165, 1.54) is 10.6 Å². The summed E-state index contributed by atoms with van der Waals surface area (Å²) in [6.07, 6.45) is 0.743. The normalized spacial score (nSPS) is 12.4. The zero-order chi connectivity index (χ0) is 15.6. The van der Waals surface area contributed by atoms with E-state index in [-0.39, 0.29) is 9.77 Å². The number of fused-ring (bicyclic) bond motifs is 1. The first-order chi connectivity index (χ1) is 9.81. The van der Waals surface area contributed by atoms with Crippen molar-refractivity contribution in [1.29, 1.82) is 0 Å². The van der Waals surface area contributed by atoms with Crippen molar-refractivity contribution in [2.24, 2.45) is 7.05 Å². The molecule has 1 N–H and O–H groups in total. The predicted molar refractivity (Wildman–Crippen MR) is 85.4 cm³/mol. The summed E-state index contributed by atoms with van der Waals surface area (Å²) in [6, 6.07) is 4.75. The van der Waals surface area contributed by atoms with Crippen LogP contribution in [0, 0.1) is 0 Å². The van der Waals surface area contributed by atoms with Crippen molar-refractivity contribution in [2.45, 2.75) is 11.3 Å². The van der Waals surface area contributed by atoms with Gasteiger partial charge in [0.2, 0.25) is 10.0 Å². The molecule has 0 saturated heterocycles. The summed E-state index contributed by atoms with van der Waals surface area (Å²) in [5, 5.41) is 0. The minimum absolute atomic E-state index is 0.0986. The Morgan fingerprint density at radius 1 is 1.33 bits per heavy atom. The van der Waals surface area contributed by atoms with E-state index in [9.17, 15) is 13.2 Å². The van der Waals surface area contributed by atoms with Gasteiger partial charge in [0.1, 0.15) is 0 Å². The molecule has 0 unspecified atom stereocenters. The Balaban J connectivity index is 2.18. The Labute approximate surface area is 128 Å². The van der Waals surface area contributed by atoms with Gasteiger partial charge in [-0.3, -0.25) is 4.79 Å². The minimum Gasteiger partial charge on any atom is -0.309 e. The van der Waals surface area contributed by atoms with E-state index in [2.05, 4.69) is 4.72 Å². The lowest BCUT2D eigenvalue weighted by molar-refractivity contribution is 0.400. The van der Waals surface area contributed by atoms with E-state index in [1.807, 2.05) is 19.0 Å². The Morgan fingerprint density at radius 2 is 2.05 bits per heavy atom. The van der Waals surface area contributed by atoms with Gasteiger partial charge in [-0.2, -0.15) is 0 Å². The molecular weight excluding hydrogens is 310 g/mol. The number of aryl methyl sites for hydroxylation is 1. The Bertz CT molecular complexity index is 791. The fourth-order valence-electron chi connectivity index (χ4n) is 1.97. The lowest BCUT2D eigenvalue weighted by Gasteiger charge is -2.10. The Morgan fingerprint density at radius 3 is 2.71 bits per heavy atom. The molecule has 2 aromatic rings. The highest BCUT2D eigenvalue weighted by Crippen LogP contribution is 2.20. The van der Waals surface area contributed by atoms with Crippen LogP contribution in [0.25, 0.3) is 10.2 Å². The Hall–Kier alpha value is -1.22. The maximum absolute atomic E-state index is 12.2. The zero-order valence-corrected chi connectivity index (χ0v) is 13.9. The number of benzene rings is 1. The number of thiazole rings is 1. The van der Waals surface area contributed by atoms with E-state index < -0.39 is 10.0 Å². The third kappa shape index (κ3) is 3.70. The largest absolute Gasteiger partial charge is 0.309 e. The summed E-state index contributed by atoms with van der Waals surface area (Å²) in [6.45, 7) is 1.21. The third-order valence-corrected chi connectivity index (χ3v) is 5.60. The number of sulfonamides is 1. The summed E-state index contributed by atoms with van der Waals surface area (Å²) < 4.78 is 29.2. The number of nitrogens with zero attached hydrogens (tertiary/aromatic N) is 2. The molecule has 116 valence electrons. The lowest BCUT2D eigenvalue weighted by atomic mass is 10.3. The van der Waals surface area contributed by atoms with E-state index in [0.29, 0.717) is 11.2 Å². The lowest BCUT2D eigenvalue weighted by Crippen LogP contribution is -2.27. The maximum Gasteiger partial charge on any atom is 0.307 e. The van der Waals surface area contributed by atoms with Crippen molar-refractivity contribution in [3.63, 3.8) is 0 Å². The second-order valence-electron chi connectivity index (χ2n) is 5.11. The average Bonchev–Trinajstić information content (AvgIpc) is 2.70. The number of aromatic nitrogens is 1. The standard InChI is InChI=1S/C13H19N3O3S2/c1-15(2)8-4-7-14-21(18,19)10-5-6-11-12(9-10)20-13(17)16(11)3/h5-6,9,14H,4,7-8H2,1-3H3. The highest BCUT2D eigenvalue weighted by atomic mass is 32.2. The molecule has 0 aliphatic heterocycles. The first kappa shape index (κ1) is 16.2. The molecule has 6 nitrogen and oxygen atoms in total. The highest BCUT2D eigenvalue weighted by molar-refractivity contribution is 7.89. The van der Waals surface area contributed by atoms with Gasteiger partial charge in [0.15, 0.2) is 0 Å². The number of hydrogen-bond acceptors (Lipinski definition) is 5. The number of hydrogen-bond donors (Lipinski definition) is 1. The molecule has 21 heavy (non-hydrogen) atoms. The van der Waals surface area contributed by atoms with E-state index in [0.717, 1.165) is 29.8 Å². The van der Waals surface area contributed by atoms with E-state index >= 15 is 0 Å². The van der Waals surface area contributed by atoms with Gasteiger partial charge in [-0.1, -0.05) is 11.3 Å². The molecule has 0 spiro atoms. The quantitative estimate of drug-likeness (QED) is 0.797. The molecule has 0 radical (unpaired) electrons. The predicted octanol–water partition coefficient (Wildman–Crippen LogP) is 0.830. The smallest absolute Gasteiger partial charge is 0.307 e. The molecule has 0 atom stereocenters. The molecule has 0 aliphatic carbocycles. The molecule has 0 amide bonds. The second-order valence-corrected chi connectivity index (χ2v) is 7.87. The highest BCUT2D eigenvalue weighted by Gasteiger charge is 2.15. The first-order valence-corrected chi connectivity index (χ1v) is 8.85. The van der Waals surface area contributed by atoms with Gasteiger partial charge in [-0.25, -0.2) is 13.1 Å². The van der Waals surface area contributed by atoms with Gasteiger partial charge >= 0.3 is 4.87 Å². The summed E-state index contributed by atoms with van der Waals surface area (Å²) in [5.74, 6) is 0. The fourth-order valence-corrected chi connectivity index (χ4v) is 4.06. The minimum atomic E-state index is -3.53. The molecule has 1 heterocycles. The van der Waals surface area contributed by atoms with Crippen LogP contribution in [-0.4, -0.2) is 45.1 Å². The molecule has 2 rings (SSSR count). The molecular formula is C13H19N3O3S2. The molecule has 1 aromatic heterocycles. The van der Waals surface area contributed by atoms with Crippen LogP contribution in [0.2, 0.25) is 0 Å². The zero-order valence-electron chi connectivity index (χ0n) is 12.3. The van der Waals surface area contributed by atoms with E-state index in [1.54, 1.807) is 19.2 Å². The van der Waals surface area contributed by atoms with Crippen LogP contribution >= 0.6 is 11.3 Å².